The number of carbonyl (C=O) groups is 1. The van der Waals surface area contributed by atoms with Crippen LogP contribution in [-0.2, 0) is 10.0 Å². The molecule has 0 saturated carbocycles. The Labute approximate surface area is 163 Å². The van der Waals surface area contributed by atoms with Crippen molar-refractivity contribution in [2.24, 2.45) is 0 Å². The van der Waals surface area contributed by atoms with Crippen LogP contribution in [0.2, 0.25) is 5.02 Å². The van der Waals surface area contributed by atoms with Crippen molar-refractivity contribution in [3.63, 3.8) is 0 Å². The average Bonchev–Trinajstić information content (AvgIpc) is 2.64. The molecule has 9 heteroatoms. The predicted octanol–water partition coefficient (Wildman–Crippen LogP) is 3.07. The smallest absolute Gasteiger partial charge is 0.266 e. The molecule has 0 heterocycles. The van der Waals surface area contributed by atoms with Gasteiger partial charge in [0.25, 0.3) is 15.9 Å². The molecule has 0 radical (unpaired) electrons. The highest BCUT2D eigenvalue weighted by Crippen LogP contribution is 2.28. The van der Waals surface area contributed by atoms with Gasteiger partial charge in [-0.3, -0.25) is 10.2 Å². The summed E-state index contributed by atoms with van der Waals surface area (Å²) in [6, 6.07) is 9.08. The Hall–Kier alpha value is -2.29. The fourth-order valence-corrected chi connectivity index (χ4v) is 3.64. The molecule has 0 aliphatic carbocycles. The third-order valence-electron chi connectivity index (χ3n) is 3.56. The molecule has 0 unspecified atom stereocenters. The van der Waals surface area contributed by atoms with Crippen LogP contribution in [0.4, 0.5) is 0 Å². The van der Waals surface area contributed by atoms with Crippen molar-refractivity contribution in [1.29, 1.82) is 0 Å². The number of benzene rings is 2. The highest BCUT2D eigenvalue weighted by Gasteiger charge is 2.19. The summed E-state index contributed by atoms with van der Waals surface area (Å²) in [4.78, 5) is 14.2. The van der Waals surface area contributed by atoms with E-state index in [2.05, 4.69) is 5.43 Å². The zero-order chi connectivity index (χ0) is 20.0. The quantitative estimate of drug-likeness (QED) is 0.650. The van der Waals surface area contributed by atoms with Crippen molar-refractivity contribution in [2.75, 3.05) is 13.7 Å². The summed E-state index contributed by atoms with van der Waals surface area (Å²) >= 11 is 5.98. The van der Waals surface area contributed by atoms with Gasteiger partial charge in [-0.2, -0.15) is 0 Å². The van der Waals surface area contributed by atoms with E-state index in [1.165, 1.54) is 31.4 Å². The van der Waals surface area contributed by atoms with E-state index >= 15 is 0 Å². The normalized spacial score (nSPS) is 11.1. The van der Waals surface area contributed by atoms with Gasteiger partial charge in [0.15, 0.2) is 11.5 Å². The van der Waals surface area contributed by atoms with E-state index in [1.807, 2.05) is 11.8 Å². The number of halogens is 1. The first-order valence-corrected chi connectivity index (χ1v) is 10.0. The molecule has 0 saturated heterocycles. The van der Waals surface area contributed by atoms with Crippen LogP contribution in [0, 0.1) is 6.92 Å². The Bertz CT molecular complexity index is 931. The summed E-state index contributed by atoms with van der Waals surface area (Å²) in [7, 11) is -2.56. The molecule has 146 valence electrons. The zero-order valence-electron chi connectivity index (χ0n) is 15.2. The first kappa shape index (κ1) is 21.0. The van der Waals surface area contributed by atoms with E-state index in [0.29, 0.717) is 18.1 Å². The van der Waals surface area contributed by atoms with Crippen molar-refractivity contribution in [3.05, 3.63) is 52.5 Å². The van der Waals surface area contributed by atoms with E-state index in [4.69, 9.17) is 21.1 Å². The Morgan fingerprint density at radius 1 is 1.15 bits per heavy atom. The fourth-order valence-electron chi connectivity index (χ4n) is 2.20. The highest BCUT2D eigenvalue weighted by atomic mass is 35.5. The van der Waals surface area contributed by atoms with Crippen LogP contribution in [0.1, 0.15) is 29.3 Å². The lowest BCUT2D eigenvalue weighted by Crippen LogP contribution is -2.41. The fraction of sp³-hybridized carbons (Fsp3) is 0.278. The SMILES string of the molecule is CCCOc1ccc(C(=O)NNS(=O)(=O)c2ccc(C)cc2Cl)cc1OC. The molecule has 2 rings (SSSR count). The minimum Gasteiger partial charge on any atom is -0.493 e. The molecule has 0 fully saturated rings. The molecule has 2 aromatic rings. The van der Waals surface area contributed by atoms with Crippen molar-refractivity contribution < 1.29 is 22.7 Å². The number of sulfonamides is 1. The molecule has 0 atom stereocenters. The van der Waals surface area contributed by atoms with Crippen LogP contribution in [0.15, 0.2) is 41.3 Å². The minimum absolute atomic E-state index is 0.0656. The summed E-state index contributed by atoms with van der Waals surface area (Å²) in [5.41, 5.74) is 3.18. The summed E-state index contributed by atoms with van der Waals surface area (Å²) < 4.78 is 35.4. The van der Waals surface area contributed by atoms with Gasteiger partial charge in [0.2, 0.25) is 0 Å². The summed E-state index contributed by atoms with van der Waals surface area (Å²) in [6.45, 7) is 4.28. The molecule has 0 aliphatic rings. The molecule has 2 aromatic carbocycles. The molecular formula is C18H21ClN2O5S. The first-order chi connectivity index (χ1) is 12.8. The van der Waals surface area contributed by atoms with E-state index < -0.39 is 15.9 Å². The number of hydrazine groups is 1. The van der Waals surface area contributed by atoms with Crippen molar-refractivity contribution >= 4 is 27.5 Å². The summed E-state index contributed by atoms with van der Waals surface area (Å²) in [5.74, 6) is 0.227. The van der Waals surface area contributed by atoms with E-state index in [9.17, 15) is 13.2 Å². The molecule has 2 N–H and O–H groups in total. The topological polar surface area (TPSA) is 93.7 Å². The van der Waals surface area contributed by atoms with Gasteiger partial charge in [0.05, 0.1) is 18.7 Å². The minimum atomic E-state index is -4.02. The standard InChI is InChI=1S/C18H21ClN2O5S/c1-4-9-26-15-7-6-13(11-16(15)25-3)18(22)20-21-27(23,24)17-8-5-12(2)10-14(17)19/h5-8,10-11,21H,4,9H2,1-3H3,(H,20,22). The van der Waals surface area contributed by atoms with Crippen LogP contribution in [-0.4, -0.2) is 28.0 Å². The number of methoxy groups -OCH3 is 1. The third-order valence-corrected chi connectivity index (χ3v) is 5.29. The lowest BCUT2D eigenvalue weighted by atomic mass is 10.2. The average molecular weight is 413 g/mol. The second-order valence-corrected chi connectivity index (χ2v) is 7.77. The predicted molar refractivity (Wildman–Crippen MR) is 103 cm³/mol. The van der Waals surface area contributed by atoms with Crippen LogP contribution < -0.4 is 19.7 Å². The Kier molecular flexibility index (Phi) is 7.06. The van der Waals surface area contributed by atoms with Gasteiger partial charge in [-0.1, -0.05) is 24.6 Å². The number of aryl methyl sites for hydroxylation is 1. The number of carbonyl (C=O) groups excluding carboxylic acids is 1. The number of ether oxygens (including phenoxy) is 2. The molecule has 0 bridgehead atoms. The Morgan fingerprint density at radius 3 is 2.52 bits per heavy atom. The monoisotopic (exact) mass is 412 g/mol. The molecule has 0 aromatic heterocycles. The second-order valence-electron chi connectivity index (χ2n) is 5.71. The van der Waals surface area contributed by atoms with Gasteiger partial charge in [0.1, 0.15) is 4.90 Å². The van der Waals surface area contributed by atoms with Crippen LogP contribution in [0.3, 0.4) is 0 Å². The van der Waals surface area contributed by atoms with Crippen molar-refractivity contribution in [1.82, 2.24) is 10.3 Å². The van der Waals surface area contributed by atoms with Crippen LogP contribution in [0.5, 0.6) is 11.5 Å². The maximum absolute atomic E-state index is 12.3. The van der Waals surface area contributed by atoms with Crippen LogP contribution >= 0.6 is 11.6 Å². The maximum Gasteiger partial charge on any atom is 0.266 e. The largest absolute Gasteiger partial charge is 0.493 e. The van der Waals surface area contributed by atoms with Gasteiger partial charge >= 0.3 is 0 Å². The summed E-state index contributed by atoms with van der Waals surface area (Å²) in [5, 5.41) is 0.0656. The zero-order valence-corrected chi connectivity index (χ0v) is 16.8. The van der Waals surface area contributed by atoms with Gasteiger partial charge in [0, 0.05) is 5.56 Å². The third kappa shape index (κ3) is 5.35. The van der Waals surface area contributed by atoms with Gasteiger partial charge in [-0.05, 0) is 49.2 Å². The molecular weight excluding hydrogens is 392 g/mol. The van der Waals surface area contributed by atoms with Crippen LogP contribution in [0.25, 0.3) is 0 Å². The highest BCUT2D eigenvalue weighted by molar-refractivity contribution is 7.89. The van der Waals surface area contributed by atoms with E-state index in [1.54, 1.807) is 19.1 Å². The van der Waals surface area contributed by atoms with E-state index in [0.717, 1.165) is 12.0 Å². The van der Waals surface area contributed by atoms with Gasteiger partial charge < -0.3 is 9.47 Å². The molecule has 1 amide bonds. The second kappa shape index (κ2) is 9.07. The number of hydrogen-bond donors (Lipinski definition) is 2. The van der Waals surface area contributed by atoms with Gasteiger partial charge in [-0.15, -0.1) is 4.83 Å². The number of nitrogens with one attached hydrogen (secondary N) is 2. The van der Waals surface area contributed by atoms with Gasteiger partial charge in [-0.25, -0.2) is 8.42 Å². The molecule has 27 heavy (non-hydrogen) atoms. The lowest BCUT2D eigenvalue weighted by Gasteiger charge is -2.13. The first-order valence-electron chi connectivity index (χ1n) is 8.17. The lowest BCUT2D eigenvalue weighted by molar-refractivity contribution is 0.0944. The molecule has 7 nitrogen and oxygen atoms in total. The Morgan fingerprint density at radius 2 is 1.89 bits per heavy atom. The number of amides is 1. The molecule has 0 aliphatic heterocycles. The maximum atomic E-state index is 12.3. The number of rotatable bonds is 8. The Balaban J connectivity index is 2.12. The van der Waals surface area contributed by atoms with Crippen molar-refractivity contribution in [2.45, 2.75) is 25.2 Å². The van der Waals surface area contributed by atoms with E-state index in [-0.39, 0.29) is 15.5 Å². The van der Waals surface area contributed by atoms with Crippen molar-refractivity contribution in [3.8, 4) is 11.5 Å². The summed E-state index contributed by atoms with van der Waals surface area (Å²) in [6.07, 6.45) is 0.828. The molecule has 0 spiro atoms. The number of hydrogen-bond acceptors (Lipinski definition) is 5.